The minimum Gasteiger partial charge on any atom is -0.462 e. The minimum absolute atomic E-state index is 0.0107. The number of hydrogen-bond acceptors (Lipinski definition) is 5. The highest BCUT2D eigenvalue weighted by molar-refractivity contribution is 7.17. The first-order valence-electron chi connectivity index (χ1n) is 11.5. The molecule has 0 spiro atoms. The summed E-state index contributed by atoms with van der Waals surface area (Å²) in [4.78, 5) is 29.3. The van der Waals surface area contributed by atoms with Gasteiger partial charge >= 0.3 is 5.97 Å². The van der Waals surface area contributed by atoms with E-state index >= 15 is 0 Å². The zero-order valence-electron chi connectivity index (χ0n) is 18.5. The molecule has 1 fully saturated rings. The number of benzene rings is 1. The van der Waals surface area contributed by atoms with Gasteiger partial charge in [0.25, 0.3) is 0 Å². The third-order valence-corrected chi connectivity index (χ3v) is 7.58. The molecule has 4 rings (SSSR count). The highest BCUT2D eigenvalue weighted by Gasteiger charge is 2.30. The van der Waals surface area contributed by atoms with Gasteiger partial charge in [0.2, 0.25) is 5.91 Å². The maximum absolute atomic E-state index is 13.0. The molecule has 1 amide bonds. The van der Waals surface area contributed by atoms with Crippen molar-refractivity contribution in [1.29, 1.82) is 0 Å². The van der Waals surface area contributed by atoms with Gasteiger partial charge in [-0.1, -0.05) is 29.8 Å². The van der Waals surface area contributed by atoms with Crippen molar-refractivity contribution >= 4 is 28.2 Å². The van der Waals surface area contributed by atoms with Crippen molar-refractivity contribution in [3.63, 3.8) is 0 Å². The first kappa shape index (κ1) is 22.0. The van der Waals surface area contributed by atoms with Crippen LogP contribution in [0.3, 0.4) is 0 Å². The maximum Gasteiger partial charge on any atom is 0.341 e. The second-order valence-corrected chi connectivity index (χ2v) is 9.77. The number of likely N-dealkylation sites (tertiary alicyclic amines) is 1. The maximum atomic E-state index is 13.0. The van der Waals surface area contributed by atoms with Crippen LogP contribution in [-0.4, -0.2) is 36.5 Å². The van der Waals surface area contributed by atoms with Gasteiger partial charge in [0.15, 0.2) is 0 Å². The predicted molar refractivity (Wildman–Crippen MR) is 125 cm³/mol. The third kappa shape index (κ3) is 5.18. The Morgan fingerprint density at radius 2 is 1.84 bits per heavy atom. The lowest BCUT2D eigenvalue weighted by Crippen LogP contribution is -2.37. The lowest BCUT2D eigenvalue weighted by Gasteiger charge is -2.31. The Balaban J connectivity index is 1.38. The highest BCUT2D eigenvalue weighted by Crippen LogP contribution is 2.39. The molecule has 1 N–H and O–H groups in total. The first-order chi connectivity index (χ1) is 15.0. The molecular formula is C25H32N2O3S. The molecule has 1 aliphatic heterocycles. The molecule has 2 aliphatic rings. The largest absolute Gasteiger partial charge is 0.462 e. The van der Waals surface area contributed by atoms with Crippen LogP contribution in [0, 0.1) is 12.8 Å². The van der Waals surface area contributed by atoms with Gasteiger partial charge in [0.05, 0.1) is 12.2 Å². The number of anilines is 1. The predicted octanol–water partition coefficient (Wildman–Crippen LogP) is 4.96. The molecule has 1 aromatic carbocycles. The van der Waals surface area contributed by atoms with Gasteiger partial charge in [-0.3, -0.25) is 9.69 Å². The number of hydrogen-bond donors (Lipinski definition) is 1. The Kier molecular flexibility index (Phi) is 7.08. The van der Waals surface area contributed by atoms with Crippen LogP contribution in [0.25, 0.3) is 0 Å². The summed E-state index contributed by atoms with van der Waals surface area (Å²) >= 11 is 1.57. The molecule has 0 unspecified atom stereocenters. The van der Waals surface area contributed by atoms with E-state index < -0.39 is 0 Å². The number of amides is 1. The van der Waals surface area contributed by atoms with Crippen molar-refractivity contribution in [1.82, 2.24) is 4.90 Å². The first-order valence-corrected chi connectivity index (χ1v) is 12.3. The van der Waals surface area contributed by atoms with Gasteiger partial charge in [-0.15, -0.1) is 11.3 Å². The molecule has 1 aromatic heterocycles. The number of thiophene rings is 1. The molecule has 1 aliphatic carbocycles. The van der Waals surface area contributed by atoms with E-state index in [0.717, 1.165) is 63.7 Å². The number of nitrogens with one attached hydrogen (secondary N) is 1. The van der Waals surface area contributed by atoms with Gasteiger partial charge in [0, 0.05) is 17.3 Å². The molecule has 0 bridgehead atoms. The molecule has 0 atom stereocenters. The number of nitrogens with zero attached hydrogens (tertiary/aromatic N) is 1. The van der Waals surface area contributed by atoms with E-state index in [1.165, 1.54) is 16.0 Å². The van der Waals surface area contributed by atoms with Gasteiger partial charge in [0.1, 0.15) is 5.00 Å². The monoisotopic (exact) mass is 440 g/mol. The van der Waals surface area contributed by atoms with Gasteiger partial charge in [-0.05, 0) is 76.6 Å². The topological polar surface area (TPSA) is 58.6 Å². The van der Waals surface area contributed by atoms with Crippen LogP contribution in [-0.2, 0) is 28.9 Å². The van der Waals surface area contributed by atoms with E-state index in [1.54, 1.807) is 11.3 Å². The SMILES string of the molecule is CCOC(=O)c1c(NC(=O)C2CCN(Cc3ccc(C)cc3)CC2)sc2c1CCCC2. The second kappa shape index (κ2) is 9.96. The van der Waals surface area contributed by atoms with Crippen LogP contribution >= 0.6 is 11.3 Å². The van der Waals surface area contributed by atoms with Crippen LogP contribution in [0.2, 0.25) is 0 Å². The molecule has 2 aromatic rings. The quantitative estimate of drug-likeness (QED) is 0.645. The Morgan fingerprint density at radius 3 is 2.55 bits per heavy atom. The molecule has 5 nitrogen and oxygen atoms in total. The van der Waals surface area contributed by atoms with Gasteiger partial charge < -0.3 is 10.1 Å². The fourth-order valence-corrected chi connectivity index (χ4v) is 5.87. The van der Waals surface area contributed by atoms with E-state index in [1.807, 2.05) is 6.92 Å². The summed E-state index contributed by atoms with van der Waals surface area (Å²) in [6.07, 6.45) is 5.80. The molecule has 0 saturated carbocycles. The highest BCUT2D eigenvalue weighted by atomic mass is 32.1. The number of aryl methyl sites for hydroxylation is 2. The lowest BCUT2D eigenvalue weighted by molar-refractivity contribution is -0.121. The van der Waals surface area contributed by atoms with Crippen molar-refractivity contribution in [3.8, 4) is 0 Å². The number of carbonyl (C=O) groups excluding carboxylic acids is 2. The Bertz CT molecular complexity index is 927. The number of fused-ring (bicyclic) bond motifs is 1. The van der Waals surface area contributed by atoms with Crippen molar-refractivity contribution in [2.24, 2.45) is 5.92 Å². The zero-order chi connectivity index (χ0) is 21.8. The average molecular weight is 441 g/mol. The summed E-state index contributed by atoms with van der Waals surface area (Å²) in [7, 11) is 0. The van der Waals surface area contributed by atoms with Crippen LogP contribution in [0.5, 0.6) is 0 Å². The molecule has 31 heavy (non-hydrogen) atoms. The normalized spacial score (nSPS) is 17.2. The number of piperidine rings is 1. The summed E-state index contributed by atoms with van der Waals surface area (Å²) < 4.78 is 5.31. The Morgan fingerprint density at radius 1 is 1.13 bits per heavy atom. The summed E-state index contributed by atoms with van der Waals surface area (Å²) in [5, 5.41) is 3.80. The van der Waals surface area contributed by atoms with Crippen LogP contribution in [0.15, 0.2) is 24.3 Å². The molecule has 0 radical (unpaired) electrons. The van der Waals surface area contributed by atoms with E-state index in [9.17, 15) is 9.59 Å². The van der Waals surface area contributed by atoms with E-state index in [2.05, 4.69) is 41.4 Å². The van der Waals surface area contributed by atoms with Crippen molar-refractivity contribution in [2.45, 2.75) is 58.9 Å². The smallest absolute Gasteiger partial charge is 0.341 e. The molecule has 1 saturated heterocycles. The number of rotatable bonds is 6. The third-order valence-electron chi connectivity index (χ3n) is 6.37. The number of esters is 1. The van der Waals surface area contributed by atoms with Crippen LogP contribution < -0.4 is 5.32 Å². The number of carbonyl (C=O) groups is 2. The van der Waals surface area contributed by atoms with Crippen LogP contribution in [0.4, 0.5) is 5.00 Å². The summed E-state index contributed by atoms with van der Waals surface area (Å²) in [6, 6.07) is 8.67. The lowest BCUT2D eigenvalue weighted by atomic mass is 9.94. The van der Waals surface area contributed by atoms with Gasteiger partial charge in [-0.2, -0.15) is 0 Å². The molecule has 2 heterocycles. The summed E-state index contributed by atoms with van der Waals surface area (Å²) in [5.74, 6) is -0.271. The fraction of sp³-hybridized carbons (Fsp3) is 0.520. The summed E-state index contributed by atoms with van der Waals surface area (Å²) in [6.45, 7) is 7.02. The van der Waals surface area contributed by atoms with E-state index in [-0.39, 0.29) is 17.8 Å². The van der Waals surface area contributed by atoms with Crippen molar-refractivity contribution in [2.75, 3.05) is 25.0 Å². The standard InChI is InChI=1S/C25H32N2O3S/c1-3-30-25(29)22-20-6-4-5-7-21(20)31-24(22)26-23(28)19-12-14-27(15-13-19)16-18-10-8-17(2)9-11-18/h8-11,19H,3-7,12-16H2,1-2H3,(H,26,28). The fourth-order valence-electron chi connectivity index (χ4n) is 4.59. The summed E-state index contributed by atoms with van der Waals surface area (Å²) in [5.41, 5.74) is 4.29. The van der Waals surface area contributed by atoms with Crippen molar-refractivity contribution < 1.29 is 14.3 Å². The Hall–Kier alpha value is -2.18. The molecule has 166 valence electrons. The molecule has 6 heteroatoms. The van der Waals surface area contributed by atoms with Crippen LogP contribution in [0.1, 0.15) is 64.5 Å². The minimum atomic E-state index is -0.301. The zero-order valence-corrected chi connectivity index (χ0v) is 19.4. The Labute approximate surface area is 188 Å². The number of ether oxygens (including phenoxy) is 1. The van der Waals surface area contributed by atoms with Crippen molar-refractivity contribution in [3.05, 3.63) is 51.4 Å². The van der Waals surface area contributed by atoms with Gasteiger partial charge in [-0.25, -0.2) is 4.79 Å². The molecular weight excluding hydrogens is 408 g/mol. The van der Waals surface area contributed by atoms with E-state index in [4.69, 9.17) is 4.74 Å². The van der Waals surface area contributed by atoms with E-state index in [0.29, 0.717) is 17.2 Å². The second-order valence-electron chi connectivity index (χ2n) is 8.66. The average Bonchev–Trinajstić information content (AvgIpc) is 3.14.